The van der Waals surface area contributed by atoms with Crippen molar-refractivity contribution in [3.05, 3.63) is 77.5 Å². The lowest BCUT2D eigenvalue weighted by Gasteiger charge is -2.22. The number of carbonyl (C=O) groups is 1. The Morgan fingerprint density at radius 3 is 2.79 bits per heavy atom. The van der Waals surface area contributed by atoms with Crippen molar-refractivity contribution < 1.29 is 9.53 Å². The highest BCUT2D eigenvalue weighted by Crippen LogP contribution is 2.32. The summed E-state index contributed by atoms with van der Waals surface area (Å²) in [5, 5.41) is 11.6. The molecule has 1 amide bonds. The SMILES string of the molecule is COc1cccc(CCNc2ccc(C(=O)N3c4ccccc4CC3C)nn2)c1. The Balaban J connectivity index is 1.38. The summed E-state index contributed by atoms with van der Waals surface area (Å²) < 4.78 is 5.25. The van der Waals surface area contributed by atoms with Gasteiger partial charge in [-0.1, -0.05) is 30.3 Å². The van der Waals surface area contributed by atoms with Crippen LogP contribution in [0.2, 0.25) is 0 Å². The third kappa shape index (κ3) is 4.06. The lowest BCUT2D eigenvalue weighted by molar-refractivity contribution is 0.0975. The van der Waals surface area contributed by atoms with Crippen molar-refractivity contribution in [2.24, 2.45) is 0 Å². The number of fused-ring (bicyclic) bond motifs is 1. The van der Waals surface area contributed by atoms with Gasteiger partial charge in [0.1, 0.15) is 11.6 Å². The Morgan fingerprint density at radius 2 is 2.00 bits per heavy atom. The van der Waals surface area contributed by atoms with Crippen LogP contribution in [0.3, 0.4) is 0 Å². The minimum atomic E-state index is -0.113. The molecule has 0 saturated heterocycles. The number of amides is 1. The second-order valence-corrected chi connectivity index (χ2v) is 7.19. The van der Waals surface area contributed by atoms with E-state index >= 15 is 0 Å². The molecule has 2 heterocycles. The molecule has 1 unspecified atom stereocenters. The van der Waals surface area contributed by atoms with Crippen LogP contribution in [-0.4, -0.2) is 35.8 Å². The Morgan fingerprint density at radius 1 is 1.14 bits per heavy atom. The second-order valence-electron chi connectivity index (χ2n) is 7.19. The average molecular weight is 388 g/mol. The molecular weight excluding hydrogens is 364 g/mol. The van der Waals surface area contributed by atoms with Gasteiger partial charge in [-0.3, -0.25) is 4.79 Å². The molecule has 1 aromatic heterocycles. The molecule has 0 bridgehead atoms. The van der Waals surface area contributed by atoms with E-state index < -0.39 is 0 Å². The number of benzene rings is 2. The minimum Gasteiger partial charge on any atom is -0.497 e. The summed E-state index contributed by atoms with van der Waals surface area (Å²) in [6.45, 7) is 2.77. The van der Waals surface area contributed by atoms with E-state index in [-0.39, 0.29) is 11.9 Å². The quantitative estimate of drug-likeness (QED) is 0.697. The van der Waals surface area contributed by atoms with Gasteiger partial charge in [-0.25, -0.2) is 0 Å². The predicted octanol–water partition coefficient (Wildman–Crippen LogP) is 3.73. The molecule has 1 atom stereocenters. The number of hydrogen-bond donors (Lipinski definition) is 1. The van der Waals surface area contributed by atoms with E-state index in [0.717, 1.165) is 24.3 Å². The molecule has 29 heavy (non-hydrogen) atoms. The minimum absolute atomic E-state index is 0.113. The third-order valence-electron chi connectivity index (χ3n) is 5.16. The maximum Gasteiger partial charge on any atom is 0.279 e. The largest absolute Gasteiger partial charge is 0.497 e. The van der Waals surface area contributed by atoms with Crippen LogP contribution in [0.25, 0.3) is 0 Å². The maximum atomic E-state index is 13.0. The van der Waals surface area contributed by atoms with Crippen LogP contribution < -0.4 is 15.0 Å². The molecule has 0 saturated carbocycles. The molecule has 6 nitrogen and oxygen atoms in total. The zero-order chi connectivity index (χ0) is 20.2. The number of nitrogens with one attached hydrogen (secondary N) is 1. The third-order valence-corrected chi connectivity index (χ3v) is 5.16. The first kappa shape index (κ1) is 18.9. The lowest BCUT2D eigenvalue weighted by atomic mass is 10.1. The summed E-state index contributed by atoms with van der Waals surface area (Å²) in [4.78, 5) is 14.8. The lowest BCUT2D eigenvalue weighted by Crippen LogP contribution is -2.36. The summed E-state index contributed by atoms with van der Waals surface area (Å²) in [5.74, 6) is 1.39. The van der Waals surface area contributed by atoms with Gasteiger partial charge in [0.25, 0.3) is 5.91 Å². The fourth-order valence-electron chi connectivity index (χ4n) is 3.70. The van der Waals surface area contributed by atoms with Crippen molar-refractivity contribution in [1.29, 1.82) is 0 Å². The van der Waals surface area contributed by atoms with Crippen LogP contribution in [0, 0.1) is 0 Å². The van der Waals surface area contributed by atoms with Gasteiger partial charge < -0.3 is 15.0 Å². The molecule has 0 spiro atoms. The van der Waals surface area contributed by atoms with E-state index in [9.17, 15) is 4.79 Å². The zero-order valence-electron chi connectivity index (χ0n) is 16.6. The van der Waals surface area contributed by atoms with Crippen molar-refractivity contribution in [1.82, 2.24) is 10.2 Å². The molecular formula is C23H24N4O2. The van der Waals surface area contributed by atoms with Crippen molar-refractivity contribution in [3.63, 3.8) is 0 Å². The topological polar surface area (TPSA) is 67.3 Å². The first-order chi connectivity index (χ1) is 14.2. The van der Waals surface area contributed by atoms with E-state index in [1.165, 1.54) is 11.1 Å². The van der Waals surface area contributed by atoms with Crippen molar-refractivity contribution in [3.8, 4) is 5.75 Å². The molecule has 0 aliphatic carbocycles. The molecule has 0 radical (unpaired) electrons. The zero-order valence-corrected chi connectivity index (χ0v) is 16.6. The smallest absolute Gasteiger partial charge is 0.279 e. The van der Waals surface area contributed by atoms with E-state index in [2.05, 4.69) is 34.6 Å². The summed E-state index contributed by atoms with van der Waals surface area (Å²) in [6, 6.07) is 19.7. The molecule has 148 valence electrons. The van der Waals surface area contributed by atoms with Gasteiger partial charge in [-0.2, -0.15) is 0 Å². The summed E-state index contributed by atoms with van der Waals surface area (Å²) in [7, 11) is 1.66. The van der Waals surface area contributed by atoms with Gasteiger partial charge in [-0.05, 0) is 61.2 Å². The second kappa shape index (κ2) is 8.31. The van der Waals surface area contributed by atoms with E-state index in [1.807, 2.05) is 41.3 Å². The van der Waals surface area contributed by atoms with E-state index in [4.69, 9.17) is 4.74 Å². The van der Waals surface area contributed by atoms with Crippen LogP contribution in [0.15, 0.2) is 60.7 Å². The van der Waals surface area contributed by atoms with E-state index in [0.29, 0.717) is 18.1 Å². The molecule has 0 fully saturated rings. The number of hydrogen-bond acceptors (Lipinski definition) is 5. The number of nitrogens with zero attached hydrogens (tertiary/aromatic N) is 3. The maximum absolute atomic E-state index is 13.0. The number of anilines is 2. The van der Waals surface area contributed by atoms with Crippen molar-refractivity contribution in [2.75, 3.05) is 23.9 Å². The van der Waals surface area contributed by atoms with Gasteiger partial charge in [0.05, 0.1) is 7.11 Å². The van der Waals surface area contributed by atoms with Gasteiger partial charge in [0, 0.05) is 18.3 Å². The van der Waals surface area contributed by atoms with Gasteiger partial charge in [-0.15, -0.1) is 10.2 Å². The number of ether oxygens (including phenoxy) is 1. The molecule has 1 aliphatic heterocycles. The summed E-state index contributed by atoms with van der Waals surface area (Å²) >= 11 is 0. The normalized spacial score (nSPS) is 15.1. The summed E-state index contributed by atoms with van der Waals surface area (Å²) in [6.07, 6.45) is 1.70. The Kier molecular flexibility index (Phi) is 5.42. The van der Waals surface area contributed by atoms with Crippen molar-refractivity contribution >= 4 is 17.4 Å². The number of carbonyl (C=O) groups excluding carboxylic acids is 1. The standard InChI is InChI=1S/C23H24N4O2/c1-16-14-18-7-3-4-9-21(18)27(16)23(28)20-10-11-22(26-25-20)24-13-12-17-6-5-8-19(15-17)29-2/h3-11,15-16H,12-14H2,1-2H3,(H,24,26). The highest BCUT2D eigenvalue weighted by molar-refractivity contribution is 6.06. The highest BCUT2D eigenvalue weighted by Gasteiger charge is 2.31. The molecule has 3 aromatic rings. The Labute approximate surface area is 170 Å². The van der Waals surface area contributed by atoms with Crippen molar-refractivity contribution in [2.45, 2.75) is 25.8 Å². The molecule has 1 aliphatic rings. The van der Waals surface area contributed by atoms with E-state index in [1.54, 1.807) is 19.2 Å². The Bertz CT molecular complexity index is 1000. The molecule has 6 heteroatoms. The van der Waals surface area contributed by atoms with Crippen LogP contribution in [0.5, 0.6) is 5.75 Å². The fraction of sp³-hybridized carbons (Fsp3) is 0.261. The molecule has 2 aromatic carbocycles. The predicted molar refractivity (Wildman–Crippen MR) is 114 cm³/mol. The number of aromatic nitrogens is 2. The first-order valence-electron chi connectivity index (χ1n) is 9.77. The number of rotatable bonds is 6. The monoisotopic (exact) mass is 388 g/mol. The van der Waals surface area contributed by atoms with Crippen LogP contribution in [-0.2, 0) is 12.8 Å². The number of para-hydroxylation sites is 1. The van der Waals surface area contributed by atoms with Crippen LogP contribution in [0.4, 0.5) is 11.5 Å². The van der Waals surface area contributed by atoms with Crippen LogP contribution >= 0.6 is 0 Å². The number of methoxy groups -OCH3 is 1. The average Bonchev–Trinajstić information content (AvgIpc) is 3.09. The van der Waals surface area contributed by atoms with Gasteiger partial charge >= 0.3 is 0 Å². The highest BCUT2D eigenvalue weighted by atomic mass is 16.5. The Hall–Kier alpha value is -3.41. The van der Waals surface area contributed by atoms with Gasteiger partial charge in [0.2, 0.25) is 0 Å². The molecule has 4 rings (SSSR count). The van der Waals surface area contributed by atoms with Gasteiger partial charge in [0.15, 0.2) is 5.69 Å². The first-order valence-corrected chi connectivity index (χ1v) is 9.77. The fourth-order valence-corrected chi connectivity index (χ4v) is 3.70. The molecule has 1 N–H and O–H groups in total. The van der Waals surface area contributed by atoms with Crippen LogP contribution in [0.1, 0.15) is 28.5 Å². The summed E-state index contributed by atoms with van der Waals surface area (Å²) in [5.41, 5.74) is 3.69.